The molecule has 0 bridgehead atoms. The number of amides is 1. The van der Waals surface area contributed by atoms with Crippen molar-refractivity contribution in [2.45, 2.75) is 13.2 Å². The van der Waals surface area contributed by atoms with Gasteiger partial charge >= 0.3 is 0 Å². The van der Waals surface area contributed by atoms with Crippen LogP contribution >= 0.6 is 27.5 Å². The van der Waals surface area contributed by atoms with Gasteiger partial charge in [-0.2, -0.15) is 5.10 Å². The number of carbonyl (C=O) groups excluding carboxylic acids is 1. The minimum Gasteiger partial charge on any atom is -0.497 e. The van der Waals surface area contributed by atoms with Gasteiger partial charge < -0.3 is 19.2 Å². The third-order valence-electron chi connectivity index (χ3n) is 4.64. The zero-order valence-corrected chi connectivity index (χ0v) is 19.7. The Morgan fingerprint density at radius 3 is 2.79 bits per heavy atom. The molecule has 0 unspecified atom stereocenters. The summed E-state index contributed by atoms with van der Waals surface area (Å²) in [5.41, 5.74) is 0.304. The number of rotatable bonds is 8. The fourth-order valence-corrected chi connectivity index (χ4v) is 3.64. The number of anilines is 1. The highest BCUT2D eigenvalue weighted by atomic mass is 79.9. The molecule has 0 saturated carbocycles. The molecule has 0 saturated heterocycles. The summed E-state index contributed by atoms with van der Waals surface area (Å²) in [6, 6.07) is 14.8. The molecule has 170 valence electrons. The van der Waals surface area contributed by atoms with E-state index in [2.05, 4.69) is 26.3 Å². The van der Waals surface area contributed by atoms with E-state index in [0.29, 0.717) is 32.3 Å². The molecule has 4 rings (SSSR count). The van der Waals surface area contributed by atoms with Crippen molar-refractivity contribution in [2.24, 2.45) is 0 Å². The number of halogens is 3. The lowest BCUT2D eigenvalue weighted by Gasteiger charge is -2.06. The second-order valence-electron chi connectivity index (χ2n) is 6.91. The highest BCUT2D eigenvalue weighted by molar-refractivity contribution is 9.10. The van der Waals surface area contributed by atoms with E-state index >= 15 is 0 Å². The minimum absolute atomic E-state index is 0.0952. The van der Waals surface area contributed by atoms with Crippen molar-refractivity contribution in [1.82, 2.24) is 9.78 Å². The monoisotopic (exact) mass is 533 g/mol. The Morgan fingerprint density at radius 2 is 2.00 bits per heavy atom. The van der Waals surface area contributed by atoms with Gasteiger partial charge in [0.1, 0.15) is 29.7 Å². The lowest BCUT2D eigenvalue weighted by Crippen LogP contribution is -2.12. The quantitative estimate of drug-likeness (QED) is 0.304. The van der Waals surface area contributed by atoms with E-state index in [0.717, 1.165) is 0 Å². The molecule has 0 aliphatic carbocycles. The van der Waals surface area contributed by atoms with Crippen molar-refractivity contribution in [1.29, 1.82) is 0 Å². The van der Waals surface area contributed by atoms with Crippen LogP contribution in [0.5, 0.6) is 11.5 Å². The number of hydrogen-bond acceptors (Lipinski definition) is 5. The van der Waals surface area contributed by atoms with Crippen molar-refractivity contribution in [3.63, 3.8) is 0 Å². The number of benzene rings is 2. The van der Waals surface area contributed by atoms with Crippen LogP contribution < -0.4 is 14.8 Å². The van der Waals surface area contributed by atoms with E-state index in [1.165, 1.54) is 16.8 Å². The summed E-state index contributed by atoms with van der Waals surface area (Å²) in [5.74, 6) is 1.20. The van der Waals surface area contributed by atoms with Crippen molar-refractivity contribution in [3.05, 3.63) is 93.2 Å². The van der Waals surface area contributed by atoms with Gasteiger partial charge in [-0.25, -0.2) is 4.39 Å². The number of nitrogens with zero attached hydrogens (tertiary/aromatic N) is 2. The average Bonchev–Trinajstić information content (AvgIpc) is 3.42. The van der Waals surface area contributed by atoms with Gasteiger partial charge in [0.15, 0.2) is 11.6 Å². The molecule has 0 aliphatic rings. The second-order valence-corrected chi connectivity index (χ2v) is 8.17. The number of ether oxygens (including phenoxy) is 2. The van der Waals surface area contributed by atoms with Crippen molar-refractivity contribution in [2.75, 3.05) is 12.4 Å². The number of aromatic nitrogens is 2. The molecule has 0 fully saturated rings. The van der Waals surface area contributed by atoms with Gasteiger partial charge in [-0.1, -0.05) is 23.7 Å². The molecular weight excluding hydrogens is 517 g/mol. The van der Waals surface area contributed by atoms with E-state index in [1.54, 1.807) is 43.6 Å². The Labute approximate surface area is 202 Å². The van der Waals surface area contributed by atoms with E-state index < -0.39 is 11.7 Å². The first-order chi connectivity index (χ1) is 15.9. The van der Waals surface area contributed by atoms with Crippen LogP contribution in [0.25, 0.3) is 0 Å². The molecule has 2 aromatic carbocycles. The lowest BCUT2D eigenvalue weighted by atomic mass is 10.2. The fraction of sp³-hybridized carbons (Fsp3) is 0.130. The minimum atomic E-state index is -0.488. The normalized spacial score (nSPS) is 10.8. The maximum absolute atomic E-state index is 14.1. The van der Waals surface area contributed by atoms with Gasteiger partial charge in [0, 0.05) is 22.8 Å². The first-order valence-corrected chi connectivity index (χ1v) is 10.9. The Morgan fingerprint density at radius 1 is 1.21 bits per heavy atom. The number of furan rings is 1. The summed E-state index contributed by atoms with van der Waals surface area (Å²) < 4.78 is 32.5. The smallest absolute Gasteiger partial charge is 0.292 e. The van der Waals surface area contributed by atoms with Gasteiger partial charge in [0.25, 0.3) is 5.91 Å². The first kappa shape index (κ1) is 22.9. The third-order valence-corrected chi connectivity index (χ3v) is 5.57. The summed E-state index contributed by atoms with van der Waals surface area (Å²) in [4.78, 5) is 12.6. The topological polar surface area (TPSA) is 78.5 Å². The molecule has 10 heteroatoms. The van der Waals surface area contributed by atoms with Crippen LogP contribution in [0.15, 0.2) is 69.7 Å². The molecule has 4 aromatic rings. The third kappa shape index (κ3) is 5.55. The van der Waals surface area contributed by atoms with Crippen molar-refractivity contribution < 1.29 is 23.1 Å². The summed E-state index contributed by atoms with van der Waals surface area (Å²) >= 11 is 9.43. The van der Waals surface area contributed by atoms with Crippen LogP contribution in [0.1, 0.15) is 21.9 Å². The standard InChI is InChI=1S/C23H18BrClFN3O4/c1-31-14-4-2-5-15(10-14)32-13-16-8-9-21(33-16)23(30)27-22-18(24)12-29(28-22)11-17-19(25)6-3-7-20(17)26/h2-10,12H,11,13H2,1H3,(H,27,28,30). The summed E-state index contributed by atoms with van der Waals surface area (Å²) in [6.07, 6.45) is 1.62. The maximum atomic E-state index is 14.1. The van der Waals surface area contributed by atoms with Crippen LogP contribution in [0.2, 0.25) is 5.02 Å². The van der Waals surface area contributed by atoms with Gasteiger partial charge in [0.05, 0.1) is 18.1 Å². The molecular formula is C23H18BrClFN3O4. The molecule has 33 heavy (non-hydrogen) atoms. The zero-order valence-electron chi connectivity index (χ0n) is 17.3. The average molecular weight is 535 g/mol. The molecule has 0 aliphatic heterocycles. The van der Waals surface area contributed by atoms with E-state index in [-0.39, 0.29) is 24.7 Å². The molecule has 7 nitrogen and oxygen atoms in total. The highest BCUT2D eigenvalue weighted by Gasteiger charge is 2.17. The van der Waals surface area contributed by atoms with E-state index in [9.17, 15) is 9.18 Å². The second kappa shape index (κ2) is 10.1. The summed E-state index contributed by atoms with van der Waals surface area (Å²) in [5, 5.41) is 7.25. The molecule has 0 atom stereocenters. The van der Waals surface area contributed by atoms with Crippen LogP contribution in [-0.2, 0) is 13.2 Å². The largest absolute Gasteiger partial charge is 0.497 e. The lowest BCUT2D eigenvalue weighted by molar-refractivity contribution is 0.0992. The predicted molar refractivity (Wildman–Crippen MR) is 124 cm³/mol. The SMILES string of the molecule is COc1cccc(OCc2ccc(C(=O)Nc3nn(Cc4c(F)cccc4Cl)cc3Br)o2)c1. The number of carbonyl (C=O) groups is 1. The summed E-state index contributed by atoms with van der Waals surface area (Å²) in [7, 11) is 1.58. The van der Waals surface area contributed by atoms with Crippen LogP contribution in [0, 0.1) is 5.82 Å². The van der Waals surface area contributed by atoms with Crippen LogP contribution in [-0.4, -0.2) is 22.8 Å². The fourth-order valence-electron chi connectivity index (χ4n) is 3.00. The van der Waals surface area contributed by atoms with Crippen molar-refractivity contribution >= 4 is 39.3 Å². The van der Waals surface area contributed by atoms with Gasteiger partial charge in [-0.3, -0.25) is 9.48 Å². The van der Waals surface area contributed by atoms with Crippen LogP contribution in [0.3, 0.4) is 0 Å². The molecule has 0 radical (unpaired) electrons. The van der Waals surface area contributed by atoms with Crippen LogP contribution in [0.4, 0.5) is 10.2 Å². The first-order valence-electron chi connectivity index (χ1n) is 9.75. The molecule has 0 spiro atoms. The Hall–Kier alpha value is -3.30. The number of nitrogens with one attached hydrogen (secondary N) is 1. The molecule has 2 heterocycles. The Bertz CT molecular complexity index is 1270. The predicted octanol–water partition coefficient (Wildman–Crippen LogP) is 5.92. The van der Waals surface area contributed by atoms with E-state index in [1.807, 2.05) is 12.1 Å². The maximum Gasteiger partial charge on any atom is 0.292 e. The number of hydrogen-bond donors (Lipinski definition) is 1. The molecule has 1 N–H and O–H groups in total. The van der Waals surface area contributed by atoms with Gasteiger partial charge in [0.2, 0.25) is 0 Å². The van der Waals surface area contributed by atoms with Crippen molar-refractivity contribution in [3.8, 4) is 11.5 Å². The van der Waals surface area contributed by atoms with Gasteiger partial charge in [-0.05, 0) is 52.3 Å². The highest BCUT2D eigenvalue weighted by Crippen LogP contribution is 2.25. The zero-order chi connectivity index (χ0) is 23.4. The molecule has 2 aromatic heterocycles. The molecule has 1 amide bonds. The number of methoxy groups -OCH3 is 1. The van der Waals surface area contributed by atoms with Gasteiger partial charge in [-0.15, -0.1) is 0 Å². The Balaban J connectivity index is 1.39. The van der Waals surface area contributed by atoms with E-state index in [4.69, 9.17) is 25.5 Å². The Kier molecular flexibility index (Phi) is 7.00. The summed E-state index contributed by atoms with van der Waals surface area (Å²) in [6.45, 7) is 0.245.